The Morgan fingerprint density at radius 2 is 2.16 bits per heavy atom. The molecule has 1 aromatic carbocycles. The summed E-state index contributed by atoms with van der Waals surface area (Å²) in [5, 5.41) is 0. The molecular formula is C15H16N2O2. The van der Waals surface area contributed by atoms with E-state index in [1.54, 1.807) is 13.3 Å². The van der Waals surface area contributed by atoms with E-state index in [1.807, 2.05) is 12.1 Å². The number of benzene rings is 1. The zero-order chi connectivity index (χ0) is 13.6. The SMILES string of the molecule is COc1ccc2c(c1)-c1[nH]c(=O)ncc1CC2(C)C. The summed E-state index contributed by atoms with van der Waals surface area (Å²) in [7, 11) is 1.64. The van der Waals surface area contributed by atoms with Crippen LogP contribution in [0.2, 0.25) is 0 Å². The maximum Gasteiger partial charge on any atom is 0.345 e. The summed E-state index contributed by atoms with van der Waals surface area (Å²) in [6.45, 7) is 4.40. The van der Waals surface area contributed by atoms with Gasteiger partial charge in [0.2, 0.25) is 0 Å². The summed E-state index contributed by atoms with van der Waals surface area (Å²) in [6.07, 6.45) is 2.55. The molecule has 1 aliphatic carbocycles. The summed E-state index contributed by atoms with van der Waals surface area (Å²) in [5.41, 5.74) is 3.91. The Kier molecular flexibility index (Phi) is 2.49. The van der Waals surface area contributed by atoms with Crippen molar-refractivity contribution in [1.82, 2.24) is 9.97 Å². The Bertz CT molecular complexity index is 702. The summed E-state index contributed by atoms with van der Waals surface area (Å²) < 4.78 is 5.29. The van der Waals surface area contributed by atoms with E-state index >= 15 is 0 Å². The van der Waals surface area contributed by atoms with E-state index in [9.17, 15) is 4.79 Å². The van der Waals surface area contributed by atoms with Crippen LogP contribution in [0.25, 0.3) is 11.3 Å². The van der Waals surface area contributed by atoms with E-state index in [-0.39, 0.29) is 11.1 Å². The maximum absolute atomic E-state index is 11.5. The van der Waals surface area contributed by atoms with E-state index in [2.05, 4.69) is 29.9 Å². The van der Waals surface area contributed by atoms with Crippen molar-refractivity contribution in [1.29, 1.82) is 0 Å². The minimum atomic E-state index is -0.313. The van der Waals surface area contributed by atoms with Crippen LogP contribution in [-0.2, 0) is 11.8 Å². The van der Waals surface area contributed by atoms with Gasteiger partial charge in [0.1, 0.15) is 5.75 Å². The second-order valence-electron chi connectivity index (χ2n) is 5.56. The van der Waals surface area contributed by atoms with Crippen molar-refractivity contribution in [2.75, 3.05) is 7.11 Å². The molecule has 4 heteroatoms. The molecule has 0 radical (unpaired) electrons. The minimum absolute atomic E-state index is 0.0223. The van der Waals surface area contributed by atoms with E-state index in [0.717, 1.165) is 29.0 Å². The van der Waals surface area contributed by atoms with Crippen molar-refractivity contribution in [3.8, 4) is 17.0 Å². The quantitative estimate of drug-likeness (QED) is 0.851. The van der Waals surface area contributed by atoms with Gasteiger partial charge in [0, 0.05) is 11.8 Å². The average molecular weight is 256 g/mol. The molecule has 1 heterocycles. The van der Waals surface area contributed by atoms with Crippen molar-refractivity contribution < 1.29 is 4.74 Å². The molecule has 19 heavy (non-hydrogen) atoms. The number of hydrogen-bond donors (Lipinski definition) is 1. The number of aromatic nitrogens is 2. The first-order valence-electron chi connectivity index (χ1n) is 6.28. The lowest BCUT2D eigenvalue weighted by molar-refractivity contribution is 0.414. The maximum atomic E-state index is 11.5. The molecule has 2 aromatic rings. The molecule has 1 N–H and O–H groups in total. The lowest BCUT2D eigenvalue weighted by atomic mass is 9.72. The largest absolute Gasteiger partial charge is 0.497 e. The van der Waals surface area contributed by atoms with Crippen LogP contribution in [-0.4, -0.2) is 17.1 Å². The molecular weight excluding hydrogens is 240 g/mol. The number of hydrogen-bond acceptors (Lipinski definition) is 3. The third-order valence-electron chi connectivity index (χ3n) is 3.75. The van der Waals surface area contributed by atoms with Gasteiger partial charge in [0.15, 0.2) is 0 Å². The van der Waals surface area contributed by atoms with Crippen molar-refractivity contribution in [3.05, 3.63) is 46.0 Å². The molecule has 0 saturated carbocycles. The van der Waals surface area contributed by atoms with Gasteiger partial charge in [0.05, 0.1) is 12.8 Å². The van der Waals surface area contributed by atoms with E-state index in [0.29, 0.717) is 0 Å². The highest BCUT2D eigenvalue weighted by molar-refractivity contribution is 5.72. The van der Waals surface area contributed by atoms with Gasteiger partial charge in [0.25, 0.3) is 0 Å². The first-order chi connectivity index (χ1) is 9.01. The van der Waals surface area contributed by atoms with Crippen LogP contribution in [0, 0.1) is 0 Å². The molecule has 0 atom stereocenters. The highest BCUT2D eigenvalue weighted by Gasteiger charge is 2.31. The molecule has 1 aliphatic rings. The average Bonchev–Trinajstić information content (AvgIpc) is 2.39. The number of methoxy groups -OCH3 is 1. The van der Waals surface area contributed by atoms with Gasteiger partial charge in [-0.15, -0.1) is 0 Å². The van der Waals surface area contributed by atoms with E-state index in [1.165, 1.54) is 5.56 Å². The molecule has 3 rings (SSSR count). The number of H-pyrrole nitrogens is 1. The standard InChI is InChI=1S/C15H16N2O2/c1-15(2)7-9-8-16-14(18)17-13(9)11-6-10(19-3)4-5-12(11)15/h4-6,8H,7H2,1-3H3,(H,16,17,18). The van der Waals surface area contributed by atoms with Crippen LogP contribution in [0.4, 0.5) is 0 Å². The van der Waals surface area contributed by atoms with Gasteiger partial charge in [-0.1, -0.05) is 19.9 Å². The second kappa shape index (κ2) is 3.95. The number of rotatable bonds is 1. The Morgan fingerprint density at radius 1 is 1.37 bits per heavy atom. The third-order valence-corrected chi connectivity index (χ3v) is 3.75. The van der Waals surface area contributed by atoms with Crippen LogP contribution >= 0.6 is 0 Å². The fourth-order valence-electron chi connectivity index (χ4n) is 2.81. The molecule has 0 bridgehead atoms. The van der Waals surface area contributed by atoms with Crippen molar-refractivity contribution in [2.24, 2.45) is 0 Å². The Labute approximate surface area is 111 Å². The molecule has 0 amide bonds. The van der Waals surface area contributed by atoms with Gasteiger partial charge < -0.3 is 9.72 Å². The molecule has 0 fully saturated rings. The second-order valence-corrected chi connectivity index (χ2v) is 5.56. The fourth-order valence-corrected chi connectivity index (χ4v) is 2.81. The van der Waals surface area contributed by atoms with Crippen molar-refractivity contribution in [2.45, 2.75) is 25.7 Å². The molecule has 4 nitrogen and oxygen atoms in total. The van der Waals surface area contributed by atoms with Crippen molar-refractivity contribution >= 4 is 0 Å². The highest BCUT2D eigenvalue weighted by Crippen LogP contribution is 2.42. The van der Waals surface area contributed by atoms with Crippen LogP contribution < -0.4 is 10.4 Å². The molecule has 0 spiro atoms. The predicted octanol–water partition coefficient (Wildman–Crippen LogP) is 2.28. The molecule has 1 aromatic heterocycles. The van der Waals surface area contributed by atoms with Crippen LogP contribution in [0.3, 0.4) is 0 Å². The third kappa shape index (κ3) is 1.84. The number of nitrogens with zero attached hydrogens (tertiary/aromatic N) is 1. The molecule has 0 unspecified atom stereocenters. The summed E-state index contributed by atoms with van der Waals surface area (Å²) in [6, 6.07) is 6.02. The van der Waals surface area contributed by atoms with Gasteiger partial charge in [-0.25, -0.2) is 9.78 Å². The first-order valence-corrected chi connectivity index (χ1v) is 6.28. The molecule has 0 aliphatic heterocycles. The Hall–Kier alpha value is -2.10. The summed E-state index contributed by atoms with van der Waals surface area (Å²) in [5.74, 6) is 0.792. The minimum Gasteiger partial charge on any atom is -0.497 e. The zero-order valence-corrected chi connectivity index (χ0v) is 11.3. The number of nitrogens with one attached hydrogen (secondary N) is 1. The number of aromatic amines is 1. The Morgan fingerprint density at radius 3 is 2.89 bits per heavy atom. The van der Waals surface area contributed by atoms with Crippen molar-refractivity contribution in [3.63, 3.8) is 0 Å². The molecule has 98 valence electrons. The van der Waals surface area contributed by atoms with E-state index in [4.69, 9.17) is 4.74 Å². The zero-order valence-electron chi connectivity index (χ0n) is 11.3. The lowest BCUT2D eigenvalue weighted by Gasteiger charge is -2.33. The van der Waals surface area contributed by atoms with Crippen LogP contribution in [0.5, 0.6) is 5.75 Å². The normalized spacial score (nSPS) is 15.5. The van der Waals surface area contributed by atoms with Crippen LogP contribution in [0.15, 0.2) is 29.2 Å². The topological polar surface area (TPSA) is 55.0 Å². The van der Waals surface area contributed by atoms with Gasteiger partial charge in [-0.2, -0.15) is 0 Å². The molecule has 0 saturated heterocycles. The summed E-state index contributed by atoms with van der Waals surface area (Å²) in [4.78, 5) is 18.2. The van der Waals surface area contributed by atoms with Gasteiger partial charge in [-0.3, -0.25) is 0 Å². The summed E-state index contributed by atoms with van der Waals surface area (Å²) >= 11 is 0. The predicted molar refractivity (Wildman–Crippen MR) is 73.6 cm³/mol. The fraction of sp³-hybridized carbons (Fsp3) is 0.333. The van der Waals surface area contributed by atoms with E-state index < -0.39 is 0 Å². The smallest absolute Gasteiger partial charge is 0.345 e. The van der Waals surface area contributed by atoms with Gasteiger partial charge >= 0.3 is 5.69 Å². The number of fused-ring (bicyclic) bond motifs is 3. The lowest BCUT2D eigenvalue weighted by Crippen LogP contribution is -2.28. The monoisotopic (exact) mass is 256 g/mol. The number of ether oxygens (including phenoxy) is 1. The van der Waals surface area contributed by atoms with Crippen LogP contribution in [0.1, 0.15) is 25.0 Å². The highest BCUT2D eigenvalue weighted by atomic mass is 16.5. The Balaban J connectivity index is 2.33. The first kappa shape index (κ1) is 12.0. The van der Waals surface area contributed by atoms with Gasteiger partial charge in [-0.05, 0) is 35.1 Å².